The minimum absolute atomic E-state index is 0.137. The van der Waals surface area contributed by atoms with E-state index in [0.717, 1.165) is 6.54 Å². The number of hydrogen-bond acceptors (Lipinski definition) is 6. The summed E-state index contributed by atoms with van der Waals surface area (Å²) < 4.78 is 0. The van der Waals surface area contributed by atoms with Crippen LogP contribution in [0.1, 0.15) is 38.8 Å². The average Bonchev–Trinajstić information content (AvgIpc) is 2.68. The number of amidine groups is 1. The second kappa shape index (κ2) is 8.87. The Hall–Kier alpha value is -3.19. The van der Waals surface area contributed by atoms with Gasteiger partial charge in [0, 0.05) is 42.1 Å². The summed E-state index contributed by atoms with van der Waals surface area (Å²) in [5, 5.41) is 6.51. The molecule has 1 aliphatic carbocycles. The van der Waals surface area contributed by atoms with Gasteiger partial charge in [-0.2, -0.15) is 0 Å². The number of fused-ring (bicyclic) bond motifs is 2. The molecule has 0 unspecified atom stereocenters. The number of benzene rings is 2. The van der Waals surface area contributed by atoms with Gasteiger partial charge < -0.3 is 21.3 Å². The van der Waals surface area contributed by atoms with Gasteiger partial charge in [0.05, 0.1) is 23.5 Å². The first kappa shape index (κ1) is 20.5. The van der Waals surface area contributed by atoms with Gasteiger partial charge in [-0.1, -0.05) is 24.3 Å². The van der Waals surface area contributed by atoms with Crippen molar-refractivity contribution in [3.05, 3.63) is 58.7 Å². The van der Waals surface area contributed by atoms with Gasteiger partial charge in [-0.25, -0.2) is 0 Å². The van der Waals surface area contributed by atoms with Crippen LogP contribution in [0.25, 0.3) is 0 Å². The van der Waals surface area contributed by atoms with E-state index in [1.807, 2.05) is 32.3 Å². The monoisotopic (exact) mass is 393 g/mol. The Bertz CT molecular complexity index is 962. The lowest BCUT2D eigenvalue weighted by Crippen LogP contribution is -2.26. The summed E-state index contributed by atoms with van der Waals surface area (Å²) in [6.45, 7) is 4.24. The van der Waals surface area contributed by atoms with E-state index in [4.69, 9.17) is 5.73 Å². The zero-order chi connectivity index (χ0) is 21.0. The van der Waals surface area contributed by atoms with Gasteiger partial charge in [0.1, 0.15) is 0 Å². The van der Waals surface area contributed by atoms with Crippen molar-refractivity contribution in [1.29, 1.82) is 0 Å². The lowest BCUT2D eigenvalue weighted by molar-refractivity contribution is 0.0980. The van der Waals surface area contributed by atoms with Crippen molar-refractivity contribution < 1.29 is 9.59 Å². The number of aliphatic imine (C=N–C) groups is 1. The maximum atomic E-state index is 13.3. The SMILES string of the molecule is CC(N)=NCCNc1cccc2c1C(=O)c1cccc(NCCN(C)C)c1C2=O. The van der Waals surface area contributed by atoms with E-state index in [1.54, 1.807) is 25.1 Å². The molecule has 7 heteroatoms. The van der Waals surface area contributed by atoms with Gasteiger partial charge in [0.15, 0.2) is 11.6 Å². The highest BCUT2D eigenvalue weighted by Crippen LogP contribution is 2.35. The smallest absolute Gasteiger partial charge is 0.196 e. The number of likely N-dealkylation sites (N-methyl/N-ethyl adjacent to an activating group) is 1. The summed E-state index contributed by atoms with van der Waals surface area (Å²) in [6, 6.07) is 10.7. The van der Waals surface area contributed by atoms with Crippen LogP contribution in [0, 0.1) is 0 Å². The number of nitrogens with zero attached hydrogens (tertiary/aromatic N) is 2. The van der Waals surface area contributed by atoms with Crippen LogP contribution in [0.4, 0.5) is 11.4 Å². The maximum absolute atomic E-state index is 13.3. The Morgan fingerprint density at radius 1 is 0.931 bits per heavy atom. The van der Waals surface area contributed by atoms with Crippen molar-refractivity contribution in [1.82, 2.24) is 4.90 Å². The van der Waals surface area contributed by atoms with Crippen molar-refractivity contribution in [3.8, 4) is 0 Å². The third-order valence-electron chi connectivity index (χ3n) is 4.74. The third kappa shape index (κ3) is 4.46. The van der Waals surface area contributed by atoms with E-state index in [-0.39, 0.29) is 11.6 Å². The van der Waals surface area contributed by atoms with E-state index < -0.39 is 0 Å². The van der Waals surface area contributed by atoms with Crippen LogP contribution in [-0.4, -0.2) is 62.6 Å². The summed E-state index contributed by atoms with van der Waals surface area (Å²) in [5.41, 5.74) is 8.62. The Kier molecular flexibility index (Phi) is 6.29. The molecule has 0 heterocycles. The van der Waals surface area contributed by atoms with Crippen LogP contribution in [0.5, 0.6) is 0 Å². The average molecular weight is 393 g/mol. The highest BCUT2D eigenvalue weighted by molar-refractivity contribution is 6.31. The number of rotatable bonds is 8. The normalized spacial score (nSPS) is 13.3. The molecule has 7 nitrogen and oxygen atoms in total. The Balaban J connectivity index is 1.91. The van der Waals surface area contributed by atoms with Crippen molar-refractivity contribution >= 4 is 28.8 Å². The molecule has 152 valence electrons. The number of carbonyl (C=O) groups is 2. The molecule has 0 aliphatic heterocycles. The number of hydrogen-bond donors (Lipinski definition) is 3. The van der Waals surface area contributed by atoms with Crippen LogP contribution >= 0.6 is 0 Å². The van der Waals surface area contributed by atoms with E-state index >= 15 is 0 Å². The summed E-state index contributed by atoms with van der Waals surface area (Å²) in [6.07, 6.45) is 0. The third-order valence-corrected chi connectivity index (χ3v) is 4.74. The molecule has 0 saturated carbocycles. The molecule has 0 bridgehead atoms. The molecule has 0 radical (unpaired) electrons. The Labute approximate surface area is 171 Å². The lowest BCUT2D eigenvalue weighted by atomic mass is 9.82. The minimum atomic E-state index is -0.146. The number of nitrogens with two attached hydrogens (primary N) is 1. The van der Waals surface area contributed by atoms with Gasteiger partial charge in [-0.3, -0.25) is 14.6 Å². The molecule has 29 heavy (non-hydrogen) atoms. The topological polar surface area (TPSA) is 99.8 Å². The molecule has 0 spiro atoms. The molecular formula is C22H27N5O2. The van der Waals surface area contributed by atoms with Gasteiger partial charge in [-0.15, -0.1) is 0 Å². The molecule has 0 atom stereocenters. The summed E-state index contributed by atoms with van der Waals surface area (Å²) in [7, 11) is 3.98. The van der Waals surface area contributed by atoms with Gasteiger partial charge in [0.2, 0.25) is 0 Å². The van der Waals surface area contributed by atoms with Crippen molar-refractivity contribution in [2.45, 2.75) is 6.92 Å². The molecule has 3 rings (SSSR count). The second-order valence-corrected chi connectivity index (χ2v) is 7.29. The first-order valence-corrected chi connectivity index (χ1v) is 9.64. The Morgan fingerprint density at radius 3 is 1.93 bits per heavy atom. The molecule has 0 amide bonds. The molecule has 0 saturated heterocycles. The number of anilines is 2. The van der Waals surface area contributed by atoms with Crippen molar-refractivity contribution in [2.24, 2.45) is 10.7 Å². The fourth-order valence-corrected chi connectivity index (χ4v) is 3.37. The largest absolute Gasteiger partial charge is 0.388 e. The standard InChI is InChI=1S/C22H27N5O2/c1-14(23)24-10-11-25-17-8-4-6-15-19(17)21(28)16-7-5-9-18(20(16)22(15)29)26-12-13-27(2)3/h4-9,25-26H,10-13H2,1-3H3,(H2,23,24). The van der Waals surface area contributed by atoms with Crippen LogP contribution in [0.3, 0.4) is 0 Å². The predicted octanol–water partition coefficient (Wildman–Crippen LogP) is 2.22. The number of carbonyl (C=O) groups excluding carboxylic acids is 2. The minimum Gasteiger partial charge on any atom is -0.388 e. The molecule has 1 aliphatic rings. The molecule has 2 aromatic rings. The van der Waals surface area contributed by atoms with Gasteiger partial charge >= 0.3 is 0 Å². The van der Waals surface area contributed by atoms with Crippen LogP contribution < -0.4 is 16.4 Å². The van der Waals surface area contributed by atoms with Crippen LogP contribution in [0.2, 0.25) is 0 Å². The summed E-state index contributed by atoms with van der Waals surface area (Å²) in [5.74, 6) is 0.228. The number of nitrogens with one attached hydrogen (secondary N) is 2. The van der Waals surface area contributed by atoms with E-state index in [0.29, 0.717) is 59.1 Å². The molecule has 0 aromatic heterocycles. The second-order valence-electron chi connectivity index (χ2n) is 7.29. The highest BCUT2D eigenvalue weighted by atomic mass is 16.1. The van der Waals surface area contributed by atoms with Gasteiger partial charge in [0.25, 0.3) is 0 Å². The van der Waals surface area contributed by atoms with E-state index in [1.165, 1.54) is 0 Å². The zero-order valence-corrected chi connectivity index (χ0v) is 17.1. The van der Waals surface area contributed by atoms with E-state index in [9.17, 15) is 9.59 Å². The highest BCUT2D eigenvalue weighted by Gasteiger charge is 2.33. The Morgan fingerprint density at radius 2 is 1.45 bits per heavy atom. The zero-order valence-electron chi connectivity index (χ0n) is 17.1. The van der Waals surface area contributed by atoms with Crippen molar-refractivity contribution in [3.63, 3.8) is 0 Å². The van der Waals surface area contributed by atoms with Gasteiger partial charge in [-0.05, 0) is 33.2 Å². The number of ketones is 2. The molecule has 4 N–H and O–H groups in total. The lowest BCUT2D eigenvalue weighted by Gasteiger charge is -2.23. The van der Waals surface area contributed by atoms with Crippen LogP contribution in [0.15, 0.2) is 41.4 Å². The first-order valence-electron chi connectivity index (χ1n) is 9.64. The fraction of sp³-hybridized carbons (Fsp3) is 0.318. The maximum Gasteiger partial charge on any atom is 0.196 e. The quantitative estimate of drug-likeness (QED) is 0.308. The first-order chi connectivity index (χ1) is 13.9. The predicted molar refractivity (Wildman–Crippen MR) is 117 cm³/mol. The molecular weight excluding hydrogens is 366 g/mol. The fourth-order valence-electron chi connectivity index (χ4n) is 3.37. The van der Waals surface area contributed by atoms with E-state index in [2.05, 4.69) is 20.5 Å². The van der Waals surface area contributed by atoms with Crippen molar-refractivity contribution in [2.75, 3.05) is 50.9 Å². The molecule has 0 fully saturated rings. The molecule has 2 aromatic carbocycles. The summed E-state index contributed by atoms with van der Waals surface area (Å²) in [4.78, 5) is 32.7. The summed E-state index contributed by atoms with van der Waals surface area (Å²) >= 11 is 0. The van der Waals surface area contributed by atoms with Crippen LogP contribution in [-0.2, 0) is 0 Å².